The Bertz CT molecular complexity index is 269. The summed E-state index contributed by atoms with van der Waals surface area (Å²) >= 11 is 0. The first kappa shape index (κ1) is 12.0. The Morgan fingerprint density at radius 1 is 1.38 bits per heavy atom. The topological polar surface area (TPSA) is 17.1 Å². The van der Waals surface area contributed by atoms with Gasteiger partial charge < -0.3 is 0 Å². The van der Waals surface area contributed by atoms with Crippen molar-refractivity contribution in [1.29, 1.82) is 0 Å². The van der Waals surface area contributed by atoms with Gasteiger partial charge in [-0.25, -0.2) is 0 Å². The van der Waals surface area contributed by atoms with Crippen LogP contribution in [0.3, 0.4) is 0 Å². The van der Waals surface area contributed by atoms with E-state index in [-0.39, 0.29) is 5.78 Å². The minimum Gasteiger partial charge on any atom is -0.295 e. The summed E-state index contributed by atoms with van der Waals surface area (Å²) in [5.41, 5.74) is 1.30. The van der Waals surface area contributed by atoms with Crippen molar-refractivity contribution in [3.8, 4) is 0 Å². The van der Waals surface area contributed by atoms with Gasteiger partial charge in [-0.05, 0) is 6.92 Å². The van der Waals surface area contributed by atoms with E-state index in [1.807, 2.05) is 0 Å². The van der Waals surface area contributed by atoms with Crippen molar-refractivity contribution in [2.45, 2.75) is 27.2 Å². The van der Waals surface area contributed by atoms with E-state index in [0.717, 1.165) is 0 Å². The van der Waals surface area contributed by atoms with Crippen LogP contribution in [0.1, 0.15) is 37.6 Å². The second-order valence-corrected chi connectivity index (χ2v) is 2.89. The predicted octanol–water partition coefficient (Wildman–Crippen LogP) is 2.10. The van der Waals surface area contributed by atoms with Crippen LogP contribution in [0.15, 0.2) is 24.3 Å². The molecule has 0 saturated heterocycles. The van der Waals surface area contributed by atoms with Gasteiger partial charge in [-0.15, -0.1) is 0 Å². The fourth-order valence-corrected chi connectivity index (χ4v) is 0.758. The highest BCUT2D eigenvalue weighted by molar-refractivity contribution is 6.32. The van der Waals surface area contributed by atoms with Crippen molar-refractivity contribution in [1.82, 2.24) is 0 Å². The molecule has 0 heterocycles. The van der Waals surface area contributed by atoms with Gasteiger partial charge >= 0.3 is 0 Å². The van der Waals surface area contributed by atoms with E-state index in [1.54, 1.807) is 24.3 Å². The maximum Gasteiger partial charge on any atom is 0.159 e. The zero-order chi connectivity index (χ0) is 10.3. The van der Waals surface area contributed by atoms with E-state index in [1.165, 1.54) is 13.3 Å². The third-order valence-electron chi connectivity index (χ3n) is 1.29. The quantitative estimate of drug-likeness (QED) is 0.470. The smallest absolute Gasteiger partial charge is 0.159 e. The van der Waals surface area contributed by atoms with Crippen LogP contribution < -0.4 is 5.46 Å². The summed E-state index contributed by atoms with van der Waals surface area (Å²) in [6.07, 6.45) is 1.25. The maximum absolute atomic E-state index is 10.7. The fraction of sp³-hybridized carbons (Fsp3) is 0.364. The zero-order valence-electron chi connectivity index (χ0n) is 8.50. The molecule has 0 spiro atoms. The number of Topliss-reactive ketones (excluding diaryl/α,β-unsaturated/α-hetero) is 1. The highest BCUT2D eigenvalue weighted by atomic mass is 16.1. The third-order valence-corrected chi connectivity index (χ3v) is 1.29. The monoisotopic (exact) mass is 174 g/mol. The highest BCUT2D eigenvalue weighted by Crippen LogP contribution is 1.95. The minimum atomic E-state index is 0.0484. The highest BCUT2D eigenvalue weighted by Gasteiger charge is 1.95. The summed E-state index contributed by atoms with van der Waals surface area (Å²) in [4.78, 5) is 10.7. The lowest BCUT2D eigenvalue weighted by Crippen LogP contribution is -2.04. The molecule has 2 radical (unpaired) electrons. The minimum absolute atomic E-state index is 0.0484. The van der Waals surface area contributed by atoms with Gasteiger partial charge in [0.05, 0.1) is 0 Å². The van der Waals surface area contributed by atoms with Crippen LogP contribution in [-0.2, 0) is 0 Å². The van der Waals surface area contributed by atoms with Gasteiger partial charge in [-0.1, -0.05) is 50.0 Å². The van der Waals surface area contributed by atoms with Crippen molar-refractivity contribution in [2.24, 2.45) is 0 Å². The molecule has 0 fully saturated rings. The summed E-state index contributed by atoms with van der Waals surface area (Å²) < 4.78 is 0. The lowest BCUT2D eigenvalue weighted by atomic mass is 9.94. The largest absolute Gasteiger partial charge is 0.295 e. The number of hydrogen-bond acceptors (Lipinski definition) is 1. The molecule has 1 aromatic rings. The normalized spacial score (nSPS) is 8.54. The summed E-state index contributed by atoms with van der Waals surface area (Å²) in [6.45, 7) is 5.77. The van der Waals surface area contributed by atoms with Crippen LogP contribution in [0.2, 0.25) is 0 Å². The van der Waals surface area contributed by atoms with Crippen molar-refractivity contribution < 1.29 is 4.79 Å². The van der Waals surface area contributed by atoms with E-state index in [0.29, 0.717) is 11.0 Å². The third kappa shape index (κ3) is 5.23. The molecule has 0 aliphatic carbocycles. The molecule has 68 valence electrons. The van der Waals surface area contributed by atoms with E-state index < -0.39 is 0 Å². The van der Waals surface area contributed by atoms with Gasteiger partial charge in [0.2, 0.25) is 0 Å². The Labute approximate surface area is 81.6 Å². The molecule has 1 aromatic carbocycles. The predicted molar refractivity (Wildman–Crippen MR) is 57.8 cm³/mol. The van der Waals surface area contributed by atoms with Gasteiger partial charge in [0.1, 0.15) is 7.85 Å². The van der Waals surface area contributed by atoms with Gasteiger partial charge in [-0.3, -0.25) is 4.79 Å². The van der Waals surface area contributed by atoms with Gasteiger partial charge in [0.25, 0.3) is 0 Å². The molecule has 0 aromatic heterocycles. The van der Waals surface area contributed by atoms with Crippen LogP contribution >= 0.6 is 0 Å². The molecular weight excluding hydrogens is 159 g/mol. The van der Waals surface area contributed by atoms with Crippen LogP contribution in [0.25, 0.3) is 0 Å². The number of carbonyl (C=O) groups excluding carboxylic acids is 1. The molecule has 0 bridgehead atoms. The number of rotatable bonds is 1. The van der Waals surface area contributed by atoms with E-state index >= 15 is 0 Å². The summed E-state index contributed by atoms with van der Waals surface area (Å²) in [6, 6.07) is 6.94. The molecule has 0 unspecified atom stereocenters. The molecular formula is C11H15BO. The van der Waals surface area contributed by atoms with Crippen molar-refractivity contribution in [3.05, 3.63) is 29.8 Å². The summed E-state index contributed by atoms with van der Waals surface area (Å²) in [5.74, 6) is 0.0484. The van der Waals surface area contributed by atoms with Crippen molar-refractivity contribution >= 4 is 19.1 Å². The Morgan fingerprint density at radius 2 is 1.92 bits per heavy atom. The molecule has 0 aliphatic heterocycles. The molecule has 13 heavy (non-hydrogen) atoms. The molecule has 0 atom stereocenters. The standard InChI is InChI=1S/C8H7BO.C3H8/c1-6(10)7-3-2-4-8(9)5-7;1-3-2/h2-5H,1H3;3H2,1-2H3. The molecule has 1 rings (SSSR count). The summed E-state index contributed by atoms with van der Waals surface area (Å²) in [7, 11) is 5.44. The average molecular weight is 174 g/mol. The Morgan fingerprint density at radius 3 is 2.23 bits per heavy atom. The van der Waals surface area contributed by atoms with E-state index in [9.17, 15) is 4.79 Å². The lowest BCUT2D eigenvalue weighted by molar-refractivity contribution is 0.101. The van der Waals surface area contributed by atoms with Crippen molar-refractivity contribution in [3.63, 3.8) is 0 Å². The lowest BCUT2D eigenvalue weighted by Gasteiger charge is -1.95. The van der Waals surface area contributed by atoms with Gasteiger partial charge in [0, 0.05) is 5.56 Å². The SMILES string of the molecule is CCC.[B]c1cccc(C(C)=O)c1. The van der Waals surface area contributed by atoms with E-state index in [2.05, 4.69) is 13.8 Å². The van der Waals surface area contributed by atoms with Crippen LogP contribution in [-0.4, -0.2) is 13.6 Å². The van der Waals surface area contributed by atoms with E-state index in [4.69, 9.17) is 7.85 Å². The van der Waals surface area contributed by atoms with Crippen LogP contribution in [0.4, 0.5) is 0 Å². The van der Waals surface area contributed by atoms with Crippen LogP contribution in [0.5, 0.6) is 0 Å². The zero-order valence-corrected chi connectivity index (χ0v) is 8.50. The molecule has 0 amide bonds. The van der Waals surface area contributed by atoms with Crippen molar-refractivity contribution in [2.75, 3.05) is 0 Å². The molecule has 1 nitrogen and oxygen atoms in total. The van der Waals surface area contributed by atoms with Gasteiger partial charge in [-0.2, -0.15) is 0 Å². The number of hydrogen-bond donors (Lipinski definition) is 0. The molecule has 0 aliphatic rings. The second kappa shape index (κ2) is 6.47. The first-order valence-corrected chi connectivity index (χ1v) is 4.48. The Balaban J connectivity index is 0.000000424. The number of ketones is 1. The fourth-order valence-electron chi connectivity index (χ4n) is 0.758. The molecule has 0 saturated carbocycles. The summed E-state index contributed by atoms with van der Waals surface area (Å²) in [5, 5.41) is 0. The molecule has 0 N–H and O–H groups in total. The van der Waals surface area contributed by atoms with Crippen LogP contribution in [0, 0.1) is 0 Å². The number of carbonyl (C=O) groups is 1. The molecule has 2 heteroatoms. The van der Waals surface area contributed by atoms with Gasteiger partial charge in [0.15, 0.2) is 5.78 Å². The Hall–Kier alpha value is -1.05. The number of benzene rings is 1. The Kier molecular flexibility index (Phi) is 5.95. The maximum atomic E-state index is 10.7. The first-order chi connectivity index (χ1) is 6.11. The first-order valence-electron chi connectivity index (χ1n) is 4.48. The average Bonchev–Trinajstić information content (AvgIpc) is 2.05. The second-order valence-electron chi connectivity index (χ2n) is 2.89.